The van der Waals surface area contributed by atoms with E-state index in [-0.39, 0.29) is 23.7 Å². The fourth-order valence-electron chi connectivity index (χ4n) is 5.64. The van der Waals surface area contributed by atoms with Crippen molar-refractivity contribution in [1.82, 2.24) is 0 Å². The van der Waals surface area contributed by atoms with Crippen molar-refractivity contribution in [3.63, 3.8) is 0 Å². The van der Waals surface area contributed by atoms with Gasteiger partial charge in [0, 0.05) is 5.41 Å². The maximum absolute atomic E-state index is 6.49. The van der Waals surface area contributed by atoms with E-state index in [1.54, 1.807) is 0 Å². The van der Waals surface area contributed by atoms with Crippen molar-refractivity contribution < 1.29 is 9.31 Å². The van der Waals surface area contributed by atoms with E-state index < -0.39 is 0 Å². The highest BCUT2D eigenvalue weighted by molar-refractivity contribution is 6.55. The summed E-state index contributed by atoms with van der Waals surface area (Å²) in [7, 11) is -0.351. The van der Waals surface area contributed by atoms with E-state index in [9.17, 15) is 0 Å². The maximum atomic E-state index is 6.49. The highest BCUT2D eigenvalue weighted by Gasteiger charge is 2.55. The molecule has 0 spiro atoms. The molecule has 0 radical (unpaired) electrons. The van der Waals surface area contributed by atoms with Crippen LogP contribution in [0.1, 0.15) is 41.5 Å². The van der Waals surface area contributed by atoms with Crippen LogP contribution in [0.15, 0.2) is 71.7 Å². The molecule has 0 N–H and O–H groups in total. The van der Waals surface area contributed by atoms with Gasteiger partial charge in [0.1, 0.15) is 0 Å². The second-order valence-electron chi connectivity index (χ2n) is 10.9. The molecule has 32 heavy (non-hydrogen) atoms. The van der Waals surface area contributed by atoms with Gasteiger partial charge < -0.3 is 9.31 Å². The quantitative estimate of drug-likeness (QED) is 0.384. The van der Waals surface area contributed by atoms with E-state index in [2.05, 4.69) is 108 Å². The molecule has 2 nitrogen and oxygen atoms in total. The van der Waals surface area contributed by atoms with Crippen LogP contribution in [0.4, 0.5) is 0 Å². The summed E-state index contributed by atoms with van der Waals surface area (Å²) in [5, 5.41) is 7.95. The topological polar surface area (TPSA) is 18.5 Å². The van der Waals surface area contributed by atoms with Crippen LogP contribution in [-0.2, 0) is 9.31 Å². The first-order valence-electron chi connectivity index (χ1n) is 11.6. The summed E-state index contributed by atoms with van der Waals surface area (Å²) < 4.78 is 13.0. The molecule has 0 amide bonds. The van der Waals surface area contributed by atoms with Crippen LogP contribution in [0.25, 0.3) is 33.2 Å². The Hall–Kier alpha value is -2.62. The summed E-state index contributed by atoms with van der Waals surface area (Å²) >= 11 is 0. The largest absolute Gasteiger partial charge is 0.491 e. The highest BCUT2D eigenvalue weighted by atomic mass is 16.7. The molecule has 160 valence electrons. The van der Waals surface area contributed by atoms with Gasteiger partial charge in [-0.1, -0.05) is 74.5 Å². The number of rotatable bonds is 1. The molecule has 2 aliphatic carbocycles. The molecule has 1 saturated heterocycles. The SMILES string of the molecule is CC1(C)C(B2OC(C)(C)C(C)(C)O2)=CC=C2C=c3c(c4ccccc4c4ccccc34)=C21. The van der Waals surface area contributed by atoms with Crippen LogP contribution >= 0.6 is 0 Å². The van der Waals surface area contributed by atoms with E-state index in [1.165, 1.54) is 48.6 Å². The van der Waals surface area contributed by atoms with Gasteiger partial charge in [-0.3, -0.25) is 0 Å². The first kappa shape index (κ1) is 20.0. The number of hydrogen-bond donors (Lipinski definition) is 0. The normalized spacial score (nSPS) is 22.4. The van der Waals surface area contributed by atoms with E-state index in [0.29, 0.717) is 0 Å². The maximum Gasteiger partial charge on any atom is 0.491 e. The molecule has 3 aromatic carbocycles. The molecule has 0 aromatic heterocycles. The Morgan fingerprint density at radius 3 is 1.81 bits per heavy atom. The second kappa shape index (κ2) is 6.24. The molecule has 1 aliphatic heterocycles. The van der Waals surface area contributed by atoms with Crippen molar-refractivity contribution >= 4 is 40.3 Å². The average Bonchev–Trinajstić information content (AvgIpc) is 3.23. The molecule has 3 heteroatoms. The first-order valence-corrected chi connectivity index (χ1v) is 11.6. The molecule has 3 aliphatic rings. The van der Waals surface area contributed by atoms with Gasteiger partial charge in [0.25, 0.3) is 0 Å². The lowest BCUT2D eigenvalue weighted by atomic mass is 9.58. The number of benzene rings is 3. The lowest BCUT2D eigenvalue weighted by molar-refractivity contribution is 0.00578. The Kier molecular flexibility index (Phi) is 3.91. The molecular formula is C29H29BO2. The zero-order valence-corrected chi connectivity index (χ0v) is 19.7. The van der Waals surface area contributed by atoms with Gasteiger partial charge in [-0.25, -0.2) is 0 Å². The monoisotopic (exact) mass is 420 g/mol. The van der Waals surface area contributed by atoms with Crippen LogP contribution in [0.2, 0.25) is 0 Å². The van der Waals surface area contributed by atoms with Crippen molar-refractivity contribution in [1.29, 1.82) is 0 Å². The third kappa shape index (κ3) is 2.50. The number of fused-ring (bicyclic) bond motifs is 7. The van der Waals surface area contributed by atoms with Crippen LogP contribution in [0.3, 0.4) is 0 Å². The van der Waals surface area contributed by atoms with Crippen molar-refractivity contribution in [3.05, 3.63) is 82.2 Å². The van der Waals surface area contributed by atoms with E-state index in [4.69, 9.17) is 9.31 Å². The minimum absolute atomic E-state index is 0.224. The van der Waals surface area contributed by atoms with Crippen molar-refractivity contribution in [2.75, 3.05) is 0 Å². The Labute approximate surface area is 190 Å². The molecular weight excluding hydrogens is 391 g/mol. The molecule has 0 saturated carbocycles. The van der Waals surface area contributed by atoms with Crippen molar-refractivity contribution in [2.24, 2.45) is 5.41 Å². The van der Waals surface area contributed by atoms with Crippen LogP contribution in [0.5, 0.6) is 0 Å². The molecule has 0 unspecified atom stereocenters. The second-order valence-corrected chi connectivity index (χ2v) is 10.9. The van der Waals surface area contributed by atoms with E-state index in [0.717, 1.165) is 0 Å². The fourth-order valence-corrected chi connectivity index (χ4v) is 5.64. The Morgan fingerprint density at radius 1 is 0.656 bits per heavy atom. The summed E-state index contributed by atoms with van der Waals surface area (Å²) in [6.45, 7) is 13.1. The predicted molar refractivity (Wildman–Crippen MR) is 135 cm³/mol. The zero-order valence-electron chi connectivity index (χ0n) is 19.7. The van der Waals surface area contributed by atoms with Gasteiger partial charge in [0.15, 0.2) is 0 Å². The van der Waals surface area contributed by atoms with Crippen LogP contribution in [0, 0.1) is 5.41 Å². The van der Waals surface area contributed by atoms with Gasteiger partial charge in [-0.15, -0.1) is 0 Å². The minimum atomic E-state index is -0.355. The third-order valence-corrected chi connectivity index (χ3v) is 8.11. The smallest absolute Gasteiger partial charge is 0.400 e. The summed E-state index contributed by atoms with van der Waals surface area (Å²) in [4.78, 5) is 0. The van der Waals surface area contributed by atoms with Gasteiger partial charge in [0.05, 0.1) is 11.2 Å². The Morgan fingerprint density at radius 2 is 1.19 bits per heavy atom. The van der Waals surface area contributed by atoms with Gasteiger partial charge >= 0.3 is 7.12 Å². The molecule has 1 heterocycles. The molecule has 0 bridgehead atoms. The summed E-state index contributed by atoms with van der Waals surface area (Å²) in [5.41, 5.74) is 2.93. The standard InChI is InChI=1S/C29H29BO2/c1-27(2)24(30-31-28(3,4)29(5,6)32-30)16-15-18-17-23-21-13-8-7-11-19(21)20-12-9-10-14-22(20)25(23)26(18)27/h7-17H,1-6H3. The zero-order chi connectivity index (χ0) is 22.5. The molecule has 1 fully saturated rings. The molecule has 3 aromatic rings. The first-order chi connectivity index (χ1) is 15.1. The molecule has 6 rings (SSSR count). The number of allylic oxidation sites excluding steroid dienone is 4. The van der Waals surface area contributed by atoms with E-state index in [1.807, 2.05) is 0 Å². The van der Waals surface area contributed by atoms with Crippen LogP contribution < -0.4 is 10.4 Å². The third-order valence-electron chi connectivity index (χ3n) is 8.11. The van der Waals surface area contributed by atoms with E-state index >= 15 is 0 Å². The van der Waals surface area contributed by atoms with Gasteiger partial charge in [0.2, 0.25) is 0 Å². The number of hydrogen-bond acceptors (Lipinski definition) is 2. The predicted octanol–water partition coefficient (Wildman–Crippen LogP) is 5.46. The Bertz CT molecular complexity index is 1490. The van der Waals surface area contributed by atoms with Crippen molar-refractivity contribution in [2.45, 2.75) is 52.7 Å². The van der Waals surface area contributed by atoms with Gasteiger partial charge in [-0.2, -0.15) is 0 Å². The lowest BCUT2D eigenvalue weighted by Gasteiger charge is -2.35. The Balaban J connectivity index is 1.66. The lowest BCUT2D eigenvalue weighted by Crippen LogP contribution is -2.41. The highest BCUT2D eigenvalue weighted by Crippen LogP contribution is 2.49. The van der Waals surface area contributed by atoms with Gasteiger partial charge in [-0.05, 0) is 82.4 Å². The summed E-state index contributed by atoms with van der Waals surface area (Å²) in [5.74, 6) is 0. The van der Waals surface area contributed by atoms with Crippen molar-refractivity contribution in [3.8, 4) is 0 Å². The minimum Gasteiger partial charge on any atom is -0.400 e. The fraction of sp³-hybridized carbons (Fsp3) is 0.310. The van der Waals surface area contributed by atoms with Crippen LogP contribution in [-0.4, -0.2) is 18.3 Å². The summed E-state index contributed by atoms with van der Waals surface area (Å²) in [6, 6.07) is 17.6. The molecule has 0 atom stereocenters. The summed E-state index contributed by atoms with van der Waals surface area (Å²) in [6.07, 6.45) is 6.86. The average molecular weight is 420 g/mol.